The number of hydrogen-bond donors (Lipinski definition) is 2. The molecule has 114 valence electrons. The van der Waals surface area contributed by atoms with Crippen LogP contribution in [0.1, 0.15) is 24.6 Å². The second kappa shape index (κ2) is 6.44. The molecular formula is C14H17N7O. The Morgan fingerprint density at radius 1 is 1.36 bits per heavy atom. The minimum Gasteiger partial charge on any atom is -0.369 e. The number of anilines is 2. The monoisotopic (exact) mass is 299 g/mol. The maximum Gasteiger partial charge on any atom is 0.231 e. The molecule has 2 aromatic rings. The van der Waals surface area contributed by atoms with Crippen molar-refractivity contribution in [2.45, 2.75) is 18.9 Å². The van der Waals surface area contributed by atoms with Gasteiger partial charge in [0.05, 0.1) is 30.7 Å². The second-order valence-electron chi connectivity index (χ2n) is 5.12. The first-order valence-corrected chi connectivity index (χ1v) is 7.11. The largest absolute Gasteiger partial charge is 0.369 e. The summed E-state index contributed by atoms with van der Waals surface area (Å²) in [6.07, 6.45) is 8.59. The van der Waals surface area contributed by atoms with E-state index in [9.17, 15) is 4.79 Å². The number of nitrogens with one attached hydrogen (secondary N) is 1. The summed E-state index contributed by atoms with van der Waals surface area (Å²) in [7, 11) is 0. The van der Waals surface area contributed by atoms with E-state index < -0.39 is 0 Å². The summed E-state index contributed by atoms with van der Waals surface area (Å²) in [5.74, 6) is 0.718. The minimum absolute atomic E-state index is 0.0680. The molecule has 2 aromatic heterocycles. The number of hydrogen-bond acceptors (Lipinski definition) is 7. The molecule has 1 aliphatic rings. The lowest BCUT2D eigenvalue weighted by Crippen LogP contribution is -2.33. The number of nitrogens with zero attached hydrogens (tertiary/aromatic N) is 5. The van der Waals surface area contributed by atoms with Crippen molar-refractivity contribution >= 4 is 17.7 Å². The molecule has 1 atom stereocenters. The fraction of sp³-hybridized carbons (Fsp3) is 0.357. The Morgan fingerprint density at radius 2 is 2.18 bits per heavy atom. The fourth-order valence-electron chi connectivity index (χ4n) is 2.63. The number of aromatic nitrogens is 4. The lowest BCUT2D eigenvalue weighted by atomic mass is 10.1. The van der Waals surface area contributed by atoms with E-state index in [4.69, 9.17) is 5.73 Å². The molecule has 0 unspecified atom stereocenters. The number of nitrogens with two attached hydrogens (primary N) is 1. The highest BCUT2D eigenvalue weighted by molar-refractivity contribution is 5.76. The highest BCUT2D eigenvalue weighted by Crippen LogP contribution is 2.30. The van der Waals surface area contributed by atoms with Gasteiger partial charge in [-0.05, 0) is 25.5 Å². The number of carbonyl (C=O) groups excluding carboxylic acids is 1. The third-order valence-electron chi connectivity index (χ3n) is 3.52. The standard InChI is InChI=1S/C14H17N7O/c15-12(22)9-21-6-1-3-11(21)10-7-16-8-13(19-10)20-14-17-4-2-5-18-14/h2,4-5,7-8,11H,1,3,6,9H2,(H2,15,22)(H,17,18,19,20)/t11-/m1/s1. The summed E-state index contributed by atoms with van der Waals surface area (Å²) in [6.45, 7) is 1.08. The average molecular weight is 299 g/mol. The van der Waals surface area contributed by atoms with E-state index >= 15 is 0 Å². The summed E-state index contributed by atoms with van der Waals surface area (Å²) in [4.78, 5) is 30.2. The molecule has 8 heteroatoms. The molecule has 0 saturated carbocycles. The smallest absolute Gasteiger partial charge is 0.231 e. The molecule has 8 nitrogen and oxygen atoms in total. The highest BCUT2D eigenvalue weighted by atomic mass is 16.1. The van der Waals surface area contributed by atoms with E-state index in [1.165, 1.54) is 0 Å². The van der Waals surface area contributed by atoms with Gasteiger partial charge < -0.3 is 11.1 Å². The van der Waals surface area contributed by atoms with E-state index in [2.05, 4.69) is 25.3 Å². The SMILES string of the molecule is NC(=O)CN1CCC[C@@H]1c1cncc(Nc2ncccn2)n1. The molecule has 3 rings (SSSR count). The molecule has 0 bridgehead atoms. The van der Waals surface area contributed by atoms with E-state index in [0.717, 1.165) is 25.1 Å². The number of primary amides is 1. The van der Waals surface area contributed by atoms with Gasteiger partial charge in [-0.1, -0.05) is 0 Å². The van der Waals surface area contributed by atoms with Gasteiger partial charge in [-0.15, -0.1) is 0 Å². The summed E-state index contributed by atoms with van der Waals surface area (Å²) >= 11 is 0. The van der Waals surface area contributed by atoms with Crippen LogP contribution >= 0.6 is 0 Å². The lowest BCUT2D eigenvalue weighted by Gasteiger charge is -2.22. The van der Waals surface area contributed by atoms with Crippen LogP contribution in [0.5, 0.6) is 0 Å². The van der Waals surface area contributed by atoms with Crippen molar-refractivity contribution < 1.29 is 4.79 Å². The Kier molecular flexibility index (Phi) is 4.19. The molecule has 1 amide bonds. The molecule has 1 aliphatic heterocycles. The summed E-state index contributed by atoms with van der Waals surface area (Å²) in [6, 6.07) is 1.81. The maximum absolute atomic E-state index is 11.2. The molecule has 0 spiro atoms. The van der Waals surface area contributed by atoms with Crippen molar-refractivity contribution in [1.29, 1.82) is 0 Å². The van der Waals surface area contributed by atoms with Gasteiger partial charge in [0.2, 0.25) is 11.9 Å². The van der Waals surface area contributed by atoms with Gasteiger partial charge in [-0.3, -0.25) is 14.7 Å². The van der Waals surface area contributed by atoms with Crippen LogP contribution in [-0.4, -0.2) is 43.8 Å². The molecule has 1 fully saturated rings. The Balaban J connectivity index is 1.77. The molecule has 0 radical (unpaired) electrons. The van der Waals surface area contributed by atoms with Crippen LogP contribution in [0.15, 0.2) is 30.9 Å². The van der Waals surface area contributed by atoms with Gasteiger partial charge >= 0.3 is 0 Å². The topological polar surface area (TPSA) is 110 Å². The zero-order valence-corrected chi connectivity index (χ0v) is 12.0. The van der Waals surface area contributed by atoms with Crippen LogP contribution < -0.4 is 11.1 Å². The van der Waals surface area contributed by atoms with Crippen molar-refractivity contribution in [3.63, 3.8) is 0 Å². The predicted octanol–water partition coefficient (Wildman–Crippen LogP) is 0.632. The van der Waals surface area contributed by atoms with Crippen molar-refractivity contribution in [3.8, 4) is 0 Å². The molecular weight excluding hydrogens is 282 g/mol. The molecule has 22 heavy (non-hydrogen) atoms. The lowest BCUT2D eigenvalue weighted by molar-refractivity contribution is -0.119. The van der Waals surface area contributed by atoms with E-state index in [-0.39, 0.29) is 18.5 Å². The first kappa shape index (κ1) is 14.3. The molecule has 3 heterocycles. The Labute approximate surface area is 127 Å². The predicted molar refractivity (Wildman–Crippen MR) is 80.1 cm³/mol. The molecule has 3 N–H and O–H groups in total. The zero-order chi connectivity index (χ0) is 15.4. The van der Waals surface area contributed by atoms with Crippen molar-refractivity contribution in [2.75, 3.05) is 18.4 Å². The average Bonchev–Trinajstić information content (AvgIpc) is 2.96. The number of likely N-dealkylation sites (tertiary alicyclic amines) is 1. The van der Waals surface area contributed by atoms with Gasteiger partial charge in [0.1, 0.15) is 0 Å². The number of carbonyl (C=O) groups is 1. The normalized spacial score (nSPS) is 18.3. The quantitative estimate of drug-likeness (QED) is 0.833. The van der Waals surface area contributed by atoms with E-state index in [0.29, 0.717) is 11.8 Å². The highest BCUT2D eigenvalue weighted by Gasteiger charge is 2.28. The van der Waals surface area contributed by atoms with Gasteiger partial charge in [0, 0.05) is 12.4 Å². The maximum atomic E-state index is 11.2. The fourth-order valence-corrected chi connectivity index (χ4v) is 2.63. The van der Waals surface area contributed by atoms with Crippen LogP contribution in [0.25, 0.3) is 0 Å². The van der Waals surface area contributed by atoms with Gasteiger partial charge in [0.25, 0.3) is 0 Å². The van der Waals surface area contributed by atoms with Gasteiger partial charge in [0.15, 0.2) is 5.82 Å². The number of amides is 1. The van der Waals surface area contributed by atoms with E-state index in [1.54, 1.807) is 30.9 Å². The molecule has 0 aromatic carbocycles. The van der Waals surface area contributed by atoms with Crippen LogP contribution in [0.4, 0.5) is 11.8 Å². The third kappa shape index (κ3) is 3.34. The Hall–Kier alpha value is -2.61. The Morgan fingerprint density at radius 3 is 2.95 bits per heavy atom. The first-order chi connectivity index (χ1) is 10.7. The van der Waals surface area contributed by atoms with Crippen LogP contribution in [0.3, 0.4) is 0 Å². The van der Waals surface area contributed by atoms with Crippen molar-refractivity contribution in [1.82, 2.24) is 24.8 Å². The first-order valence-electron chi connectivity index (χ1n) is 7.11. The summed E-state index contributed by atoms with van der Waals surface area (Å²) in [5, 5.41) is 3.02. The summed E-state index contributed by atoms with van der Waals surface area (Å²) < 4.78 is 0. The van der Waals surface area contributed by atoms with Crippen molar-refractivity contribution in [2.24, 2.45) is 5.73 Å². The van der Waals surface area contributed by atoms with Crippen LogP contribution in [0, 0.1) is 0 Å². The third-order valence-corrected chi connectivity index (χ3v) is 3.52. The number of rotatable bonds is 5. The van der Waals surface area contributed by atoms with Crippen molar-refractivity contribution in [3.05, 3.63) is 36.5 Å². The Bertz CT molecular complexity index is 649. The zero-order valence-electron chi connectivity index (χ0n) is 12.0. The second-order valence-corrected chi connectivity index (χ2v) is 5.12. The molecule has 0 aliphatic carbocycles. The summed E-state index contributed by atoms with van der Waals surface area (Å²) in [5.41, 5.74) is 6.12. The molecule has 1 saturated heterocycles. The van der Waals surface area contributed by atoms with Gasteiger partial charge in [-0.25, -0.2) is 15.0 Å². The minimum atomic E-state index is -0.327. The van der Waals surface area contributed by atoms with E-state index in [1.807, 2.05) is 4.90 Å². The van der Waals surface area contributed by atoms with Crippen LogP contribution in [-0.2, 0) is 4.79 Å². The van der Waals surface area contributed by atoms with Gasteiger partial charge in [-0.2, -0.15) is 0 Å². The van der Waals surface area contributed by atoms with Crippen LogP contribution in [0.2, 0.25) is 0 Å².